The second-order valence-electron chi connectivity index (χ2n) is 7.42. The fourth-order valence-corrected chi connectivity index (χ4v) is 4.95. The maximum atomic E-state index is 13.6. The molecule has 174 valence electrons. The van der Waals surface area contributed by atoms with Crippen molar-refractivity contribution in [2.45, 2.75) is 16.5 Å². The molecule has 34 heavy (non-hydrogen) atoms. The summed E-state index contributed by atoms with van der Waals surface area (Å²) in [6, 6.07) is 17.0. The first-order chi connectivity index (χ1) is 16.4. The number of rotatable bonds is 6. The van der Waals surface area contributed by atoms with Crippen molar-refractivity contribution >= 4 is 27.3 Å². The Kier molecular flexibility index (Phi) is 5.89. The summed E-state index contributed by atoms with van der Waals surface area (Å²) in [4.78, 5) is 4.27. The minimum absolute atomic E-state index is 0.0272. The highest BCUT2D eigenvalue weighted by atomic mass is 35.5. The highest BCUT2D eigenvalue weighted by molar-refractivity contribution is 7.91. The third-order valence-electron chi connectivity index (χ3n) is 5.15. The van der Waals surface area contributed by atoms with Crippen LogP contribution in [0.25, 0.3) is 11.5 Å². The quantitative estimate of drug-likeness (QED) is 0.381. The Morgan fingerprint density at radius 2 is 1.71 bits per heavy atom. The summed E-state index contributed by atoms with van der Waals surface area (Å²) in [7, 11) is -4.12. The van der Waals surface area contributed by atoms with Gasteiger partial charge in [-0.05, 0) is 42.0 Å². The lowest BCUT2D eigenvalue weighted by Crippen LogP contribution is -2.16. The van der Waals surface area contributed by atoms with Crippen LogP contribution in [0.1, 0.15) is 5.56 Å². The normalized spacial score (nSPS) is 13.0. The average molecular weight is 501 g/mol. The monoisotopic (exact) mass is 500 g/mol. The number of hydrogen-bond donors (Lipinski definition) is 1. The molecular formula is C24H18ClFN2O5S. The van der Waals surface area contributed by atoms with Crippen LogP contribution in [0.3, 0.4) is 0 Å². The predicted octanol–water partition coefficient (Wildman–Crippen LogP) is 5.35. The van der Waals surface area contributed by atoms with E-state index in [2.05, 4.69) is 10.3 Å². The van der Waals surface area contributed by atoms with Crippen LogP contribution in [-0.2, 0) is 16.4 Å². The van der Waals surface area contributed by atoms with Crippen molar-refractivity contribution < 1.29 is 26.7 Å². The molecule has 0 atom stereocenters. The van der Waals surface area contributed by atoms with Gasteiger partial charge in [0.1, 0.15) is 19.0 Å². The van der Waals surface area contributed by atoms with E-state index in [0.717, 1.165) is 5.56 Å². The van der Waals surface area contributed by atoms with E-state index in [4.69, 9.17) is 25.5 Å². The second-order valence-corrected chi connectivity index (χ2v) is 9.69. The maximum Gasteiger partial charge on any atom is 0.234 e. The van der Waals surface area contributed by atoms with E-state index in [0.29, 0.717) is 35.3 Å². The average Bonchev–Trinajstić information content (AvgIpc) is 3.28. The number of hydrogen-bond acceptors (Lipinski definition) is 7. The molecule has 0 spiro atoms. The summed E-state index contributed by atoms with van der Waals surface area (Å²) in [5.41, 5.74) is 1.16. The van der Waals surface area contributed by atoms with Gasteiger partial charge in [-0.1, -0.05) is 35.9 Å². The third-order valence-corrected chi connectivity index (χ3v) is 7.14. The van der Waals surface area contributed by atoms with E-state index in [-0.39, 0.29) is 34.1 Å². The minimum Gasteiger partial charge on any atom is -0.486 e. The Labute approximate surface area is 200 Å². The molecule has 0 fully saturated rings. The van der Waals surface area contributed by atoms with E-state index >= 15 is 0 Å². The summed E-state index contributed by atoms with van der Waals surface area (Å²) in [5, 5.41) is 3.02. The van der Waals surface area contributed by atoms with E-state index < -0.39 is 9.84 Å². The van der Waals surface area contributed by atoms with Gasteiger partial charge >= 0.3 is 0 Å². The van der Waals surface area contributed by atoms with Crippen LogP contribution in [-0.4, -0.2) is 26.6 Å². The van der Waals surface area contributed by atoms with Crippen molar-refractivity contribution in [3.63, 3.8) is 0 Å². The molecule has 1 N–H and O–H groups in total. The van der Waals surface area contributed by atoms with Crippen molar-refractivity contribution in [2.24, 2.45) is 0 Å². The van der Waals surface area contributed by atoms with Crippen molar-refractivity contribution in [1.29, 1.82) is 0 Å². The number of benzene rings is 3. The molecule has 1 aliphatic rings. The zero-order valence-electron chi connectivity index (χ0n) is 17.6. The number of fused-ring (bicyclic) bond motifs is 1. The topological polar surface area (TPSA) is 90.7 Å². The summed E-state index contributed by atoms with van der Waals surface area (Å²) in [6.07, 6.45) is 0. The van der Waals surface area contributed by atoms with Gasteiger partial charge in [-0.15, -0.1) is 0 Å². The SMILES string of the molecule is O=S(=O)(c1ccc2c(c1)OCCO2)c1nc(-c2ccccc2Cl)oc1NCc1ccc(F)cc1. The number of nitrogens with zero attached hydrogens (tertiary/aromatic N) is 1. The molecule has 1 aromatic heterocycles. The molecule has 5 rings (SSSR count). The molecular weight excluding hydrogens is 483 g/mol. The predicted molar refractivity (Wildman–Crippen MR) is 124 cm³/mol. The molecule has 0 amide bonds. The van der Waals surface area contributed by atoms with Gasteiger partial charge in [0.25, 0.3) is 0 Å². The van der Waals surface area contributed by atoms with Crippen LogP contribution < -0.4 is 14.8 Å². The maximum absolute atomic E-state index is 13.6. The number of ether oxygens (including phenoxy) is 2. The number of aromatic nitrogens is 1. The molecule has 0 bridgehead atoms. The van der Waals surface area contributed by atoms with Gasteiger partial charge in [0, 0.05) is 12.6 Å². The molecule has 0 unspecified atom stereocenters. The summed E-state index contributed by atoms with van der Waals surface area (Å²) < 4.78 is 57.3. The van der Waals surface area contributed by atoms with Crippen LogP contribution in [0.2, 0.25) is 5.02 Å². The molecule has 10 heteroatoms. The summed E-state index contributed by atoms with van der Waals surface area (Å²) in [6.45, 7) is 0.893. The lowest BCUT2D eigenvalue weighted by Gasteiger charge is -2.18. The largest absolute Gasteiger partial charge is 0.486 e. The van der Waals surface area contributed by atoms with Crippen molar-refractivity contribution in [1.82, 2.24) is 4.98 Å². The highest BCUT2D eigenvalue weighted by Gasteiger charge is 2.30. The lowest BCUT2D eigenvalue weighted by atomic mass is 10.2. The smallest absolute Gasteiger partial charge is 0.234 e. The van der Waals surface area contributed by atoms with Gasteiger partial charge < -0.3 is 19.2 Å². The molecule has 7 nitrogen and oxygen atoms in total. The summed E-state index contributed by atoms with van der Waals surface area (Å²) in [5.74, 6) is 0.420. The van der Waals surface area contributed by atoms with Gasteiger partial charge in [-0.25, -0.2) is 12.8 Å². The number of halogens is 2. The first-order valence-corrected chi connectivity index (χ1v) is 12.2. The number of anilines is 1. The molecule has 2 heterocycles. The molecule has 0 saturated heterocycles. The zero-order chi connectivity index (χ0) is 23.7. The van der Waals surface area contributed by atoms with Gasteiger partial charge in [-0.2, -0.15) is 4.98 Å². The third kappa shape index (κ3) is 4.32. The van der Waals surface area contributed by atoms with Gasteiger partial charge in [-0.3, -0.25) is 0 Å². The Bertz CT molecular complexity index is 1450. The number of nitrogens with one attached hydrogen (secondary N) is 1. The number of oxazole rings is 1. The Balaban J connectivity index is 1.56. The molecule has 1 aliphatic heterocycles. The van der Waals surface area contributed by atoms with Crippen LogP contribution in [0, 0.1) is 5.82 Å². The van der Waals surface area contributed by atoms with Crippen molar-refractivity contribution in [3.05, 3.63) is 83.1 Å². The fraction of sp³-hybridized carbons (Fsp3) is 0.125. The number of sulfone groups is 1. The Hall–Kier alpha value is -3.56. The zero-order valence-corrected chi connectivity index (χ0v) is 19.2. The van der Waals surface area contributed by atoms with Crippen LogP contribution in [0.5, 0.6) is 11.5 Å². The standard InChI is InChI=1S/C24H18ClFN2O5S/c25-19-4-2-1-3-18(19)22-28-24(23(33-22)27-14-15-5-7-16(26)8-6-15)34(29,30)17-9-10-20-21(13-17)32-12-11-31-20/h1-10,13,27H,11-12,14H2. The molecule has 0 saturated carbocycles. The first kappa shape index (κ1) is 22.2. The first-order valence-electron chi connectivity index (χ1n) is 10.3. The fourth-order valence-electron chi connectivity index (χ4n) is 3.44. The molecule has 4 aromatic rings. The van der Waals surface area contributed by atoms with Gasteiger partial charge in [0.15, 0.2) is 11.5 Å². The van der Waals surface area contributed by atoms with Crippen LogP contribution in [0.15, 0.2) is 81.1 Å². The van der Waals surface area contributed by atoms with Crippen LogP contribution in [0.4, 0.5) is 10.3 Å². The van der Waals surface area contributed by atoms with Crippen molar-refractivity contribution in [2.75, 3.05) is 18.5 Å². The molecule has 0 radical (unpaired) electrons. The van der Waals surface area contributed by atoms with Crippen LogP contribution >= 0.6 is 11.6 Å². The van der Waals surface area contributed by atoms with Crippen molar-refractivity contribution in [3.8, 4) is 23.0 Å². The molecule has 0 aliphatic carbocycles. The van der Waals surface area contributed by atoms with E-state index in [1.165, 1.54) is 24.3 Å². The van der Waals surface area contributed by atoms with E-state index in [9.17, 15) is 12.8 Å². The second kappa shape index (κ2) is 9.00. The van der Waals surface area contributed by atoms with Gasteiger partial charge in [0.2, 0.25) is 26.6 Å². The summed E-state index contributed by atoms with van der Waals surface area (Å²) >= 11 is 6.28. The molecule has 3 aromatic carbocycles. The van der Waals surface area contributed by atoms with E-state index in [1.54, 1.807) is 42.5 Å². The minimum atomic E-state index is -4.12. The lowest BCUT2D eigenvalue weighted by molar-refractivity contribution is 0.171. The Morgan fingerprint density at radius 1 is 0.971 bits per heavy atom. The Morgan fingerprint density at radius 3 is 2.47 bits per heavy atom. The van der Waals surface area contributed by atoms with E-state index in [1.807, 2.05) is 0 Å². The van der Waals surface area contributed by atoms with Gasteiger partial charge in [0.05, 0.1) is 15.5 Å². The highest BCUT2D eigenvalue weighted by Crippen LogP contribution is 2.38.